The van der Waals surface area contributed by atoms with Crippen LogP contribution in [0.1, 0.15) is 11.4 Å². The maximum Gasteiger partial charge on any atom is 0.195 e. The quantitative estimate of drug-likeness (QED) is 0.798. The van der Waals surface area contributed by atoms with Gasteiger partial charge in [0, 0.05) is 16.4 Å². The zero-order chi connectivity index (χ0) is 12.3. The van der Waals surface area contributed by atoms with Gasteiger partial charge in [-0.05, 0) is 52.8 Å². The average Bonchev–Trinajstić information content (AvgIpc) is 2.31. The number of nitrogens with zero attached hydrogens (tertiary/aromatic N) is 4. The summed E-state index contributed by atoms with van der Waals surface area (Å²) in [4.78, 5) is 12.6. The molecule has 0 amide bonds. The third-order valence-electron chi connectivity index (χ3n) is 1.84. The smallest absolute Gasteiger partial charge is 0.195 e. The van der Waals surface area contributed by atoms with Gasteiger partial charge in [0.2, 0.25) is 0 Å². The van der Waals surface area contributed by atoms with Gasteiger partial charge in [-0.3, -0.25) is 0 Å². The number of aromatic nitrogens is 3. The van der Waals surface area contributed by atoms with Crippen molar-refractivity contribution in [3.63, 3.8) is 0 Å². The lowest BCUT2D eigenvalue weighted by atomic mass is 10.4. The summed E-state index contributed by atoms with van der Waals surface area (Å²) in [7, 11) is 0. The molecule has 0 aromatic carbocycles. The zero-order valence-corrected chi connectivity index (χ0v) is 11.3. The molecule has 0 saturated heterocycles. The summed E-state index contributed by atoms with van der Waals surface area (Å²) in [5, 5.41) is 10.2. The lowest BCUT2D eigenvalue weighted by Gasteiger charge is -2.01. The molecule has 4 nitrogen and oxygen atoms in total. The molecule has 0 unspecified atom stereocenters. The molecule has 17 heavy (non-hydrogen) atoms. The van der Waals surface area contributed by atoms with E-state index in [9.17, 15) is 0 Å². The van der Waals surface area contributed by atoms with E-state index in [0.717, 1.165) is 15.2 Å². The minimum atomic E-state index is 0.372. The first kappa shape index (κ1) is 12.0. The summed E-state index contributed by atoms with van der Waals surface area (Å²) >= 11 is 4.65. The summed E-state index contributed by atoms with van der Waals surface area (Å²) in [5.41, 5.74) is 1.15. The molecule has 2 aromatic rings. The van der Waals surface area contributed by atoms with Crippen molar-refractivity contribution in [1.29, 1.82) is 5.26 Å². The summed E-state index contributed by atoms with van der Waals surface area (Å²) < 4.78 is 0.921. The SMILES string of the molecule is Cc1cc(C#N)nc(Sc2ccc(Br)cn2)n1. The fourth-order valence-electron chi connectivity index (χ4n) is 1.16. The second-order valence-corrected chi connectivity index (χ2v) is 5.11. The molecule has 0 atom stereocenters. The Bertz CT molecular complexity index is 577. The molecular weight excluding hydrogens is 300 g/mol. The lowest BCUT2D eigenvalue weighted by molar-refractivity contribution is 0.915. The van der Waals surface area contributed by atoms with Crippen LogP contribution in [0, 0.1) is 18.3 Å². The molecule has 0 aliphatic carbocycles. The highest BCUT2D eigenvalue weighted by atomic mass is 79.9. The van der Waals surface area contributed by atoms with Gasteiger partial charge in [0.15, 0.2) is 5.16 Å². The van der Waals surface area contributed by atoms with Crippen LogP contribution in [0.15, 0.2) is 39.1 Å². The normalized spacial score (nSPS) is 9.94. The van der Waals surface area contributed by atoms with Crippen LogP contribution in [-0.2, 0) is 0 Å². The molecule has 84 valence electrons. The van der Waals surface area contributed by atoms with Crippen molar-refractivity contribution >= 4 is 27.7 Å². The first-order valence-corrected chi connectivity index (χ1v) is 6.33. The molecular formula is C11H7BrN4S. The zero-order valence-electron chi connectivity index (χ0n) is 8.88. The first-order valence-electron chi connectivity index (χ1n) is 4.72. The van der Waals surface area contributed by atoms with Gasteiger partial charge >= 0.3 is 0 Å². The van der Waals surface area contributed by atoms with Crippen molar-refractivity contribution in [2.24, 2.45) is 0 Å². The van der Waals surface area contributed by atoms with Crippen molar-refractivity contribution in [2.75, 3.05) is 0 Å². The minimum absolute atomic E-state index is 0.372. The van der Waals surface area contributed by atoms with Crippen LogP contribution < -0.4 is 0 Å². The van der Waals surface area contributed by atoms with Gasteiger partial charge in [0.1, 0.15) is 16.8 Å². The third-order valence-corrected chi connectivity index (χ3v) is 3.13. The Kier molecular flexibility index (Phi) is 3.71. The Morgan fingerprint density at radius 1 is 1.35 bits per heavy atom. The van der Waals surface area contributed by atoms with E-state index in [1.54, 1.807) is 12.3 Å². The molecule has 0 spiro atoms. The molecule has 0 bridgehead atoms. The van der Waals surface area contributed by atoms with E-state index in [0.29, 0.717) is 10.9 Å². The Hall–Kier alpha value is -1.45. The maximum atomic E-state index is 8.82. The fourth-order valence-corrected chi connectivity index (χ4v) is 2.16. The standard InChI is InChI=1S/C11H7BrN4S/c1-7-4-9(5-13)16-11(15-7)17-10-3-2-8(12)6-14-10/h2-4,6H,1H3. The predicted octanol–water partition coefficient (Wildman–Crippen LogP) is 2.97. The van der Waals surface area contributed by atoms with E-state index in [-0.39, 0.29) is 0 Å². The highest BCUT2D eigenvalue weighted by Crippen LogP contribution is 2.23. The predicted molar refractivity (Wildman–Crippen MR) is 67.5 cm³/mol. The summed E-state index contributed by atoms with van der Waals surface area (Å²) in [6, 6.07) is 7.43. The molecule has 2 aromatic heterocycles. The van der Waals surface area contributed by atoms with Crippen LogP contribution in [0.2, 0.25) is 0 Å². The maximum absolute atomic E-state index is 8.82. The van der Waals surface area contributed by atoms with Crippen LogP contribution in [-0.4, -0.2) is 15.0 Å². The van der Waals surface area contributed by atoms with E-state index in [4.69, 9.17) is 5.26 Å². The van der Waals surface area contributed by atoms with E-state index in [2.05, 4.69) is 30.9 Å². The molecule has 0 saturated carbocycles. The molecule has 0 N–H and O–H groups in total. The lowest BCUT2D eigenvalue weighted by Crippen LogP contribution is -1.93. The number of pyridine rings is 1. The van der Waals surface area contributed by atoms with Gasteiger partial charge in [-0.15, -0.1) is 0 Å². The highest BCUT2D eigenvalue weighted by Gasteiger charge is 2.05. The Balaban J connectivity index is 2.27. The van der Waals surface area contributed by atoms with E-state index in [1.807, 2.05) is 25.1 Å². The largest absolute Gasteiger partial charge is 0.248 e. The van der Waals surface area contributed by atoms with Crippen molar-refractivity contribution in [1.82, 2.24) is 15.0 Å². The molecule has 0 fully saturated rings. The molecule has 0 radical (unpaired) electrons. The number of nitriles is 1. The Morgan fingerprint density at radius 3 is 2.82 bits per heavy atom. The molecule has 6 heteroatoms. The van der Waals surface area contributed by atoms with Crippen LogP contribution >= 0.6 is 27.7 Å². The molecule has 2 heterocycles. The summed E-state index contributed by atoms with van der Waals surface area (Å²) in [6.07, 6.45) is 1.71. The average molecular weight is 307 g/mol. The Labute approximate surface area is 111 Å². The topological polar surface area (TPSA) is 62.5 Å². The summed E-state index contributed by atoms with van der Waals surface area (Å²) in [6.45, 7) is 1.83. The van der Waals surface area contributed by atoms with Crippen LogP contribution in [0.5, 0.6) is 0 Å². The first-order chi connectivity index (χ1) is 8.17. The number of rotatable bonds is 2. The van der Waals surface area contributed by atoms with Crippen molar-refractivity contribution in [3.8, 4) is 6.07 Å². The van der Waals surface area contributed by atoms with Crippen molar-refractivity contribution in [3.05, 3.63) is 40.3 Å². The monoisotopic (exact) mass is 306 g/mol. The summed E-state index contributed by atoms with van der Waals surface area (Å²) in [5.74, 6) is 0. The van der Waals surface area contributed by atoms with Gasteiger partial charge in [-0.1, -0.05) is 0 Å². The minimum Gasteiger partial charge on any atom is -0.248 e. The van der Waals surface area contributed by atoms with E-state index < -0.39 is 0 Å². The van der Waals surface area contributed by atoms with Gasteiger partial charge in [-0.2, -0.15) is 5.26 Å². The number of aryl methyl sites for hydroxylation is 1. The Morgan fingerprint density at radius 2 is 2.18 bits per heavy atom. The molecule has 2 rings (SSSR count). The van der Waals surface area contributed by atoms with Crippen LogP contribution in [0.4, 0.5) is 0 Å². The van der Waals surface area contributed by atoms with Crippen LogP contribution in [0.25, 0.3) is 0 Å². The van der Waals surface area contributed by atoms with Crippen molar-refractivity contribution < 1.29 is 0 Å². The second-order valence-electron chi connectivity index (χ2n) is 3.21. The molecule has 0 aliphatic heterocycles. The van der Waals surface area contributed by atoms with Gasteiger partial charge in [0.05, 0.1) is 0 Å². The third kappa shape index (κ3) is 3.25. The van der Waals surface area contributed by atoms with Gasteiger partial charge in [0.25, 0.3) is 0 Å². The van der Waals surface area contributed by atoms with Crippen LogP contribution in [0.3, 0.4) is 0 Å². The van der Waals surface area contributed by atoms with Gasteiger partial charge in [-0.25, -0.2) is 15.0 Å². The van der Waals surface area contributed by atoms with E-state index >= 15 is 0 Å². The number of hydrogen-bond donors (Lipinski definition) is 0. The van der Waals surface area contributed by atoms with Gasteiger partial charge < -0.3 is 0 Å². The molecule has 0 aliphatic rings. The van der Waals surface area contributed by atoms with Crippen molar-refractivity contribution in [2.45, 2.75) is 17.1 Å². The highest BCUT2D eigenvalue weighted by molar-refractivity contribution is 9.10. The van der Waals surface area contributed by atoms with E-state index in [1.165, 1.54) is 11.8 Å². The number of halogens is 1. The number of hydrogen-bond acceptors (Lipinski definition) is 5. The fraction of sp³-hybridized carbons (Fsp3) is 0.0909. The second kappa shape index (κ2) is 5.25.